The zero-order valence-electron chi connectivity index (χ0n) is 13.8. The second-order valence-corrected chi connectivity index (χ2v) is 7.41. The van der Waals surface area contributed by atoms with Crippen LogP contribution in [0.5, 0.6) is 0 Å². The monoisotopic (exact) mass is 403 g/mol. The van der Waals surface area contributed by atoms with E-state index in [0.29, 0.717) is 5.02 Å². The summed E-state index contributed by atoms with van der Waals surface area (Å²) in [6, 6.07) is 11.7. The van der Waals surface area contributed by atoms with E-state index >= 15 is 0 Å². The van der Waals surface area contributed by atoms with Crippen molar-refractivity contribution in [2.75, 3.05) is 6.54 Å². The Hall–Kier alpha value is -1.70. The Balaban J connectivity index is 1.95. The topological polar surface area (TPSA) is 49.3 Å². The Morgan fingerprint density at radius 2 is 1.81 bits per heavy atom. The van der Waals surface area contributed by atoms with E-state index in [1.165, 1.54) is 30.0 Å². The standard InChI is InChI=1S/C18H17ClF3NO2S/c1-11(26-13-8-6-12(19)7-9-13)17(25)23-10-16(24)14-4-2-3-5-15(14)18(20,21)22/h2-9,11,16,24H,10H2,1H3,(H,23,25). The highest BCUT2D eigenvalue weighted by Gasteiger charge is 2.34. The van der Waals surface area contributed by atoms with Crippen LogP contribution >= 0.6 is 23.4 Å². The molecule has 0 bridgehead atoms. The normalized spacial score (nSPS) is 13.9. The maximum atomic E-state index is 13.0. The molecule has 140 valence electrons. The molecular formula is C18H17ClF3NO2S. The Kier molecular flexibility index (Phi) is 6.97. The zero-order chi connectivity index (χ0) is 19.3. The first kappa shape index (κ1) is 20.6. The van der Waals surface area contributed by atoms with Crippen molar-refractivity contribution in [3.63, 3.8) is 0 Å². The van der Waals surface area contributed by atoms with E-state index in [0.717, 1.165) is 11.0 Å². The number of nitrogens with one attached hydrogen (secondary N) is 1. The number of thioether (sulfide) groups is 1. The number of hydrogen-bond acceptors (Lipinski definition) is 3. The van der Waals surface area contributed by atoms with E-state index in [-0.39, 0.29) is 18.0 Å². The van der Waals surface area contributed by atoms with Crippen molar-refractivity contribution in [3.05, 3.63) is 64.7 Å². The molecule has 2 N–H and O–H groups in total. The van der Waals surface area contributed by atoms with Gasteiger partial charge in [-0.15, -0.1) is 11.8 Å². The van der Waals surface area contributed by atoms with Gasteiger partial charge in [-0.2, -0.15) is 13.2 Å². The van der Waals surface area contributed by atoms with Crippen LogP contribution in [0.4, 0.5) is 13.2 Å². The van der Waals surface area contributed by atoms with Crippen molar-refractivity contribution in [3.8, 4) is 0 Å². The summed E-state index contributed by atoms with van der Waals surface area (Å²) in [4.78, 5) is 13.0. The SMILES string of the molecule is CC(Sc1ccc(Cl)cc1)C(=O)NCC(O)c1ccccc1C(F)(F)F. The maximum absolute atomic E-state index is 13.0. The van der Waals surface area contributed by atoms with Crippen LogP contribution in [0.15, 0.2) is 53.4 Å². The summed E-state index contributed by atoms with van der Waals surface area (Å²) in [5, 5.41) is 12.7. The summed E-state index contributed by atoms with van der Waals surface area (Å²) < 4.78 is 39.0. The fraction of sp³-hybridized carbons (Fsp3) is 0.278. The molecule has 2 aromatic carbocycles. The van der Waals surface area contributed by atoms with Gasteiger partial charge in [-0.25, -0.2) is 0 Å². The third-order valence-corrected chi connectivity index (χ3v) is 4.95. The van der Waals surface area contributed by atoms with Crippen molar-refractivity contribution >= 4 is 29.3 Å². The molecule has 0 aliphatic heterocycles. The van der Waals surface area contributed by atoms with Crippen molar-refractivity contribution in [1.29, 1.82) is 0 Å². The van der Waals surface area contributed by atoms with Gasteiger partial charge in [0.2, 0.25) is 5.91 Å². The molecule has 2 aromatic rings. The fourth-order valence-corrected chi connectivity index (χ4v) is 3.29. The number of alkyl halides is 3. The van der Waals surface area contributed by atoms with E-state index in [2.05, 4.69) is 5.32 Å². The number of hydrogen-bond donors (Lipinski definition) is 2. The number of benzene rings is 2. The molecule has 2 rings (SSSR count). The molecule has 1 amide bonds. The Morgan fingerprint density at radius 1 is 1.19 bits per heavy atom. The van der Waals surface area contributed by atoms with Crippen molar-refractivity contribution in [1.82, 2.24) is 5.32 Å². The molecule has 2 atom stereocenters. The number of carbonyl (C=O) groups excluding carboxylic acids is 1. The molecule has 0 aliphatic rings. The van der Waals surface area contributed by atoms with E-state index in [9.17, 15) is 23.1 Å². The lowest BCUT2D eigenvalue weighted by Gasteiger charge is -2.19. The van der Waals surface area contributed by atoms with Crippen molar-refractivity contribution in [2.45, 2.75) is 29.3 Å². The average Bonchev–Trinajstić information content (AvgIpc) is 2.60. The summed E-state index contributed by atoms with van der Waals surface area (Å²) in [5.41, 5.74) is -1.18. The molecule has 0 spiro atoms. The van der Waals surface area contributed by atoms with E-state index in [4.69, 9.17) is 11.6 Å². The van der Waals surface area contributed by atoms with Gasteiger partial charge in [0.25, 0.3) is 0 Å². The number of halogens is 4. The molecule has 3 nitrogen and oxygen atoms in total. The molecule has 0 radical (unpaired) electrons. The Bertz CT molecular complexity index is 753. The number of amides is 1. The van der Waals surface area contributed by atoms with Gasteiger partial charge in [-0.1, -0.05) is 29.8 Å². The first-order valence-electron chi connectivity index (χ1n) is 7.72. The van der Waals surface area contributed by atoms with Crippen LogP contribution in [0.25, 0.3) is 0 Å². The lowest BCUT2D eigenvalue weighted by Crippen LogP contribution is -2.34. The minimum Gasteiger partial charge on any atom is -0.387 e. The zero-order valence-corrected chi connectivity index (χ0v) is 15.3. The number of aliphatic hydroxyl groups is 1. The van der Waals surface area contributed by atoms with Gasteiger partial charge in [0, 0.05) is 16.5 Å². The molecule has 0 saturated carbocycles. The van der Waals surface area contributed by atoms with E-state index in [1.807, 2.05) is 0 Å². The highest BCUT2D eigenvalue weighted by Crippen LogP contribution is 2.34. The predicted molar refractivity (Wildman–Crippen MR) is 96.2 cm³/mol. The van der Waals surface area contributed by atoms with Gasteiger partial charge in [-0.3, -0.25) is 4.79 Å². The van der Waals surface area contributed by atoms with Gasteiger partial charge in [0.05, 0.1) is 16.9 Å². The summed E-state index contributed by atoms with van der Waals surface area (Å²) in [7, 11) is 0. The largest absolute Gasteiger partial charge is 0.416 e. The van der Waals surface area contributed by atoms with Crippen LogP contribution in [0, 0.1) is 0 Å². The average molecular weight is 404 g/mol. The third kappa shape index (κ3) is 5.65. The summed E-state index contributed by atoms with van der Waals surface area (Å²) >= 11 is 7.08. The second kappa shape index (κ2) is 8.79. The molecule has 0 aliphatic carbocycles. The summed E-state index contributed by atoms with van der Waals surface area (Å²) in [6.45, 7) is 1.36. The van der Waals surface area contributed by atoms with Crippen LogP contribution in [-0.4, -0.2) is 22.8 Å². The minimum absolute atomic E-state index is 0.265. The van der Waals surface area contributed by atoms with Crippen LogP contribution in [0.1, 0.15) is 24.2 Å². The number of aliphatic hydroxyl groups excluding tert-OH is 1. The molecule has 0 aromatic heterocycles. The van der Waals surface area contributed by atoms with Crippen molar-refractivity contribution in [2.24, 2.45) is 0 Å². The minimum atomic E-state index is -4.57. The molecule has 0 saturated heterocycles. The van der Waals surface area contributed by atoms with Crippen LogP contribution in [0.3, 0.4) is 0 Å². The smallest absolute Gasteiger partial charge is 0.387 e. The Labute approximate surface area is 158 Å². The molecule has 0 heterocycles. The van der Waals surface area contributed by atoms with Gasteiger partial charge >= 0.3 is 6.18 Å². The fourth-order valence-electron chi connectivity index (χ4n) is 2.27. The molecule has 2 unspecified atom stereocenters. The lowest BCUT2D eigenvalue weighted by molar-refractivity contribution is -0.139. The Morgan fingerprint density at radius 3 is 2.42 bits per heavy atom. The van der Waals surface area contributed by atoms with E-state index in [1.54, 1.807) is 31.2 Å². The van der Waals surface area contributed by atoms with Gasteiger partial charge in [0.15, 0.2) is 0 Å². The highest BCUT2D eigenvalue weighted by atomic mass is 35.5. The van der Waals surface area contributed by atoms with Crippen LogP contribution < -0.4 is 5.32 Å². The lowest BCUT2D eigenvalue weighted by atomic mass is 10.0. The molecular weight excluding hydrogens is 387 g/mol. The summed E-state index contributed by atoms with van der Waals surface area (Å²) in [6.07, 6.45) is -6.02. The highest BCUT2D eigenvalue weighted by molar-refractivity contribution is 8.00. The number of carbonyl (C=O) groups is 1. The molecule has 8 heteroatoms. The maximum Gasteiger partial charge on any atom is 0.416 e. The van der Waals surface area contributed by atoms with E-state index < -0.39 is 23.1 Å². The second-order valence-electron chi connectivity index (χ2n) is 5.56. The molecule has 26 heavy (non-hydrogen) atoms. The van der Waals surface area contributed by atoms with Gasteiger partial charge in [0.1, 0.15) is 0 Å². The summed E-state index contributed by atoms with van der Waals surface area (Å²) in [5.74, 6) is -0.381. The van der Waals surface area contributed by atoms with Gasteiger partial charge < -0.3 is 10.4 Å². The molecule has 0 fully saturated rings. The quantitative estimate of drug-likeness (QED) is 0.688. The van der Waals surface area contributed by atoms with Crippen molar-refractivity contribution < 1.29 is 23.1 Å². The third-order valence-electron chi connectivity index (χ3n) is 3.59. The first-order chi connectivity index (χ1) is 12.2. The first-order valence-corrected chi connectivity index (χ1v) is 8.98. The van der Waals surface area contributed by atoms with Gasteiger partial charge in [-0.05, 0) is 42.8 Å². The predicted octanol–water partition coefficient (Wildman–Crippen LogP) is 4.69. The van der Waals surface area contributed by atoms with Crippen LogP contribution in [0.2, 0.25) is 5.02 Å². The number of rotatable bonds is 6. The van der Waals surface area contributed by atoms with Crippen LogP contribution in [-0.2, 0) is 11.0 Å².